The lowest BCUT2D eigenvalue weighted by Gasteiger charge is -2.04. The third-order valence-corrected chi connectivity index (χ3v) is 4.24. The van der Waals surface area contributed by atoms with Gasteiger partial charge in [-0.15, -0.1) is 0 Å². The lowest BCUT2D eigenvalue weighted by molar-refractivity contribution is 0.627. The minimum Gasteiger partial charge on any atom is -0.383 e. The molecule has 2 N–H and O–H groups in total. The summed E-state index contributed by atoms with van der Waals surface area (Å²) < 4.78 is 15.6. The third-order valence-electron chi connectivity index (χ3n) is 3.71. The Balaban J connectivity index is 1.89. The number of rotatable bonds is 4. The van der Waals surface area contributed by atoms with Gasteiger partial charge >= 0.3 is 0 Å². The number of halogens is 2. The fourth-order valence-electron chi connectivity index (χ4n) is 2.45. The van der Waals surface area contributed by atoms with Crippen LogP contribution in [0.2, 0.25) is 0 Å². The Hall–Kier alpha value is -2.65. The van der Waals surface area contributed by atoms with E-state index >= 15 is 0 Å². The molecule has 0 fully saturated rings. The Labute approximate surface area is 147 Å². The number of anilines is 1. The van der Waals surface area contributed by atoms with Gasteiger partial charge in [0.15, 0.2) is 0 Å². The molecule has 0 radical (unpaired) electrons. The van der Waals surface area contributed by atoms with E-state index in [-0.39, 0.29) is 5.82 Å². The second-order valence-electron chi connectivity index (χ2n) is 5.41. The fourth-order valence-corrected chi connectivity index (χ4v) is 2.72. The van der Waals surface area contributed by atoms with Crippen molar-refractivity contribution >= 4 is 21.7 Å². The first kappa shape index (κ1) is 16.2. The smallest absolute Gasteiger partial charge is 0.140 e. The summed E-state index contributed by atoms with van der Waals surface area (Å²) in [5.74, 6) is 0.0528. The molecule has 3 aromatic rings. The second-order valence-corrected chi connectivity index (χ2v) is 6.32. The maximum Gasteiger partial charge on any atom is 0.140 e. The highest BCUT2D eigenvalue weighted by atomic mass is 79.9. The molecule has 120 valence electrons. The molecule has 0 bridgehead atoms. The summed E-state index contributed by atoms with van der Waals surface area (Å²) in [7, 11) is 0. The van der Waals surface area contributed by atoms with Gasteiger partial charge in [0, 0.05) is 10.9 Å². The van der Waals surface area contributed by atoms with Crippen LogP contribution in [0.3, 0.4) is 0 Å². The number of hydrogen-bond donors (Lipinski definition) is 1. The Morgan fingerprint density at radius 3 is 2.33 bits per heavy atom. The first-order chi connectivity index (χ1) is 11.6. The van der Waals surface area contributed by atoms with Gasteiger partial charge in [-0.05, 0) is 35.4 Å². The standard InChI is InChI=1S/C18H14BrFN4/c19-14-5-1-13(2-6-14)11-24-18(22)16(10-21)17(23-24)9-12-3-7-15(20)8-4-12/h1-8H,9,11,22H2. The Bertz CT molecular complexity index is 893. The van der Waals surface area contributed by atoms with E-state index in [0.717, 1.165) is 15.6 Å². The van der Waals surface area contributed by atoms with Crippen molar-refractivity contribution in [2.24, 2.45) is 0 Å². The molecule has 0 saturated heterocycles. The van der Waals surface area contributed by atoms with Crippen molar-refractivity contribution in [1.29, 1.82) is 5.26 Å². The molecule has 4 nitrogen and oxygen atoms in total. The average Bonchev–Trinajstić information content (AvgIpc) is 2.86. The molecule has 0 spiro atoms. The molecular weight excluding hydrogens is 371 g/mol. The van der Waals surface area contributed by atoms with Crippen LogP contribution < -0.4 is 5.73 Å². The van der Waals surface area contributed by atoms with E-state index in [1.165, 1.54) is 12.1 Å². The molecule has 0 unspecified atom stereocenters. The van der Waals surface area contributed by atoms with Gasteiger partial charge in [-0.1, -0.05) is 40.2 Å². The molecule has 3 rings (SSSR count). The molecule has 1 heterocycles. The summed E-state index contributed by atoms with van der Waals surface area (Å²) in [6, 6.07) is 16.1. The first-order valence-corrected chi connectivity index (χ1v) is 8.10. The summed E-state index contributed by atoms with van der Waals surface area (Å²) in [4.78, 5) is 0. The Kier molecular flexibility index (Phi) is 4.63. The van der Waals surface area contributed by atoms with Gasteiger partial charge in [0.05, 0.1) is 12.2 Å². The summed E-state index contributed by atoms with van der Waals surface area (Å²) in [5, 5.41) is 13.9. The van der Waals surface area contributed by atoms with Crippen LogP contribution in [0.15, 0.2) is 53.0 Å². The SMILES string of the molecule is N#Cc1c(Cc2ccc(F)cc2)nn(Cc2ccc(Br)cc2)c1N. The van der Waals surface area contributed by atoms with Crippen LogP contribution in [0, 0.1) is 17.1 Å². The minimum atomic E-state index is -0.292. The molecule has 0 aliphatic rings. The van der Waals surface area contributed by atoms with Crippen molar-refractivity contribution in [2.45, 2.75) is 13.0 Å². The average molecular weight is 385 g/mol. The molecule has 24 heavy (non-hydrogen) atoms. The molecule has 0 amide bonds. The van der Waals surface area contributed by atoms with Crippen molar-refractivity contribution in [2.75, 3.05) is 5.73 Å². The molecule has 0 saturated carbocycles. The van der Waals surface area contributed by atoms with E-state index in [2.05, 4.69) is 27.1 Å². The third kappa shape index (κ3) is 3.47. The zero-order chi connectivity index (χ0) is 17.1. The highest BCUT2D eigenvalue weighted by Crippen LogP contribution is 2.21. The first-order valence-electron chi connectivity index (χ1n) is 7.31. The number of benzene rings is 2. The van der Waals surface area contributed by atoms with E-state index < -0.39 is 0 Å². The largest absolute Gasteiger partial charge is 0.383 e. The van der Waals surface area contributed by atoms with E-state index in [1.54, 1.807) is 16.8 Å². The highest BCUT2D eigenvalue weighted by molar-refractivity contribution is 9.10. The quantitative estimate of drug-likeness (QED) is 0.741. The van der Waals surface area contributed by atoms with Crippen molar-refractivity contribution < 1.29 is 4.39 Å². The summed E-state index contributed by atoms with van der Waals surface area (Å²) in [5.41, 5.74) is 8.96. The topological polar surface area (TPSA) is 67.6 Å². The number of nitrogens with two attached hydrogens (primary N) is 1. The van der Waals surface area contributed by atoms with Crippen LogP contribution in [-0.4, -0.2) is 9.78 Å². The molecule has 0 aliphatic carbocycles. The zero-order valence-electron chi connectivity index (χ0n) is 12.7. The second kappa shape index (κ2) is 6.85. The van der Waals surface area contributed by atoms with Crippen LogP contribution >= 0.6 is 15.9 Å². The Morgan fingerprint density at radius 2 is 1.71 bits per heavy atom. The lowest BCUT2D eigenvalue weighted by atomic mass is 10.1. The molecular formula is C18H14BrFN4. The van der Waals surface area contributed by atoms with Crippen molar-refractivity contribution in [3.05, 3.63) is 81.2 Å². The summed E-state index contributed by atoms with van der Waals surface area (Å²) in [6.07, 6.45) is 0.431. The van der Waals surface area contributed by atoms with Crippen molar-refractivity contribution in [3.8, 4) is 6.07 Å². The maximum absolute atomic E-state index is 13.0. The number of hydrogen-bond acceptors (Lipinski definition) is 3. The number of nitrogens with zero attached hydrogens (tertiary/aromatic N) is 3. The summed E-state index contributed by atoms with van der Waals surface area (Å²) >= 11 is 3.40. The maximum atomic E-state index is 13.0. The molecule has 0 atom stereocenters. The van der Waals surface area contributed by atoms with Crippen LogP contribution in [-0.2, 0) is 13.0 Å². The van der Waals surface area contributed by atoms with E-state index in [0.29, 0.717) is 30.0 Å². The van der Waals surface area contributed by atoms with Crippen LogP contribution in [0.1, 0.15) is 22.4 Å². The normalized spacial score (nSPS) is 10.5. The Morgan fingerprint density at radius 1 is 1.08 bits per heavy atom. The van der Waals surface area contributed by atoms with E-state index in [1.807, 2.05) is 24.3 Å². The van der Waals surface area contributed by atoms with Crippen LogP contribution in [0.4, 0.5) is 10.2 Å². The molecule has 0 aliphatic heterocycles. The highest BCUT2D eigenvalue weighted by Gasteiger charge is 2.16. The van der Waals surface area contributed by atoms with Crippen molar-refractivity contribution in [3.63, 3.8) is 0 Å². The van der Waals surface area contributed by atoms with E-state index in [9.17, 15) is 9.65 Å². The number of aromatic nitrogens is 2. The zero-order valence-corrected chi connectivity index (χ0v) is 14.3. The fraction of sp³-hybridized carbons (Fsp3) is 0.111. The van der Waals surface area contributed by atoms with Gasteiger partial charge < -0.3 is 5.73 Å². The van der Waals surface area contributed by atoms with E-state index in [4.69, 9.17) is 5.73 Å². The van der Waals surface area contributed by atoms with Crippen molar-refractivity contribution in [1.82, 2.24) is 9.78 Å². The molecule has 1 aromatic heterocycles. The van der Waals surface area contributed by atoms with Gasteiger partial charge in [0.2, 0.25) is 0 Å². The van der Waals surface area contributed by atoms with Gasteiger partial charge in [0.25, 0.3) is 0 Å². The van der Waals surface area contributed by atoms with Gasteiger partial charge in [-0.2, -0.15) is 10.4 Å². The predicted molar refractivity (Wildman–Crippen MR) is 93.8 cm³/mol. The van der Waals surface area contributed by atoms with Crippen LogP contribution in [0.5, 0.6) is 0 Å². The number of nitriles is 1. The molecule has 6 heteroatoms. The predicted octanol–water partition coefficient (Wildman–Crippen LogP) is 3.88. The van der Waals surface area contributed by atoms with Gasteiger partial charge in [-0.3, -0.25) is 0 Å². The van der Waals surface area contributed by atoms with Crippen LogP contribution in [0.25, 0.3) is 0 Å². The monoisotopic (exact) mass is 384 g/mol. The van der Waals surface area contributed by atoms with Gasteiger partial charge in [0.1, 0.15) is 23.3 Å². The number of nitrogen functional groups attached to an aromatic ring is 1. The lowest BCUT2D eigenvalue weighted by Crippen LogP contribution is -2.06. The van der Waals surface area contributed by atoms with Gasteiger partial charge in [-0.25, -0.2) is 9.07 Å². The summed E-state index contributed by atoms with van der Waals surface area (Å²) in [6.45, 7) is 0.483. The minimum absolute atomic E-state index is 0.292. The molecule has 2 aromatic carbocycles.